The second-order valence-electron chi connectivity index (χ2n) is 6.34. The average molecular weight is 304 g/mol. The third-order valence-electron chi connectivity index (χ3n) is 4.22. The minimum Gasteiger partial charge on any atom is -0.351 e. The maximum Gasteiger partial charge on any atom is 0.159 e. The maximum absolute atomic E-state index is 6.21. The topological polar surface area (TPSA) is 29.0 Å². The average Bonchev–Trinajstić information content (AvgIpc) is 3.00. The van der Waals surface area contributed by atoms with Crippen LogP contribution in [0.15, 0.2) is 24.3 Å². The monoisotopic (exact) mass is 303 g/mol. The lowest BCUT2D eigenvalue weighted by Crippen LogP contribution is -2.37. The van der Waals surface area contributed by atoms with Crippen LogP contribution in [-0.2, 0) is 0 Å². The van der Waals surface area contributed by atoms with E-state index in [0.717, 1.165) is 23.1 Å². The molecule has 1 heterocycles. The summed E-state index contributed by atoms with van der Waals surface area (Å²) in [5.74, 6) is 1.59. The van der Waals surface area contributed by atoms with E-state index >= 15 is 0 Å². The molecule has 3 rings (SSSR count). The Morgan fingerprint density at radius 3 is 2.48 bits per heavy atom. The number of nitrogens with zero attached hydrogens (tertiary/aromatic N) is 3. The van der Waals surface area contributed by atoms with Crippen LogP contribution in [0.1, 0.15) is 39.5 Å². The third kappa shape index (κ3) is 2.98. The number of benzene rings is 1. The molecule has 0 unspecified atom stereocenters. The Kier molecular flexibility index (Phi) is 4.29. The minimum absolute atomic E-state index is 0.491. The van der Waals surface area contributed by atoms with Crippen molar-refractivity contribution in [3.8, 4) is 0 Å². The lowest BCUT2D eigenvalue weighted by molar-refractivity contribution is 0.531. The predicted octanol–water partition coefficient (Wildman–Crippen LogP) is 4.69. The van der Waals surface area contributed by atoms with Crippen molar-refractivity contribution in [3.05, 3.63) is 29.4 Å². The van der Waals surface area contributed by atoms with Crippen LogP contribution in [0, 0.1) is 5.92 Å². The van der Waals surface area contributed by atoms with E-state index < -0.39 is 0 Å². The van der Waals surface area contributed by atoms with E-state index in [1.54, 1.807) is 0 Å². The molecule has 0 N–H and O–H groups in total. The van der Waals surface area contributed by atoms with Gasteiger partial charge in [0.1, 0.15) is 0 Å². The van der Waals surface area contributed by atoms with E-state index in [-0.39, 0.29) is 0 Å². The van der Waals surface area contributed by atoms with Crippen LogP contribution in [0.5, 0.6) is 0 Å². The Bertz CT molecular complexity index is 620. The zero-order chi connectivity index (χ0) is 14.8. The number of hydrogen-bond acceptors (Lipinski definition) is 3. The highest BCUT2D eigenvalue weighted by atomic mass is 35.5. The summed E-state index contributed by atoms with van der Waals surface area (Å²) >= 11 is 6.21. The second kappa shape index (κ2) is 6.18. The van der Waals surface area contributed by atoms with Crippen molar-refractivity contribution < 1.29 is 0 Å². The number of halogens is 1. The molecule has 1 fully saturated rings. The summed E-state index contributed by atoms with van der Waals surface area (Å²) < 4.78 is 0. The largest absolute Gasteiger partial charge is 0.351 e. The van der Waals surface area contributed by atoms with E-state index in [4.69, 9.17) is 11.6 Å². The first-order valence-electron chi connectivity index (χ1n) is 7.84. The zero-order valence-electron chi connectivity index (χ0n) is 12.7. The highest BCUT2D eigenvalue weighted by Crippen LogP contribution is 2.33. The molecule has 0 aliphatic heterocycles. The lowest BCUT2D eigenvalue weighted by Gasteiger charge is -2.32. The summed E-state index contributed by atoms with van der Waals surface area (Å²) in [4.78, 5) is 2.46. The zero-order valence-corrected chi connectivity index (χ0v) is 13.5. The normalized spacial score (nSPS) is 16.0. The molecule has 0 spiro atoms. The third-order valence-corrected chi connectivity index (χ3v) is 4.50. The van der Waals surface area contributed by atoms with Gasteiger partial charge >= 0.3 is 0 Å². The molecule has 1 aromatic heterocycles. The van der Waals surface area contributed by atoms with E-state index in [1.165, 1.54) is 25.7 Å². The van der Waals surface area contributed by atoms with Crippen LogP contribution >= 0.6 is 11.6 Å². The SMILES string of the molecule is CC(C)CN(c1nnc(Cl)c2ccccc12)C1CCCC1. The number of fused-ring (bicyclic) bond motifs is 1. The van der Waals surface area contributed by atoms with Crippen LogP contribution in [0.4, 0.5) is 5.82 Å². The fourth-order valence-corrected chi connectivity index (χ4v) is 3.49. The van der Waals surface area contributed by atoms with Gasteiger partial charge in [-0.1, -0.05) is 62.6 Å². The molecule has 1 aromatic carbocycles. The van der Waals surface area contributed by atoms with Gasteiger partial charge in [-0.05, 0) is 18.8 Å². The number of aromatic nitrogens is 2. The fraction of sp³-hybridized carbons (Fsp3) is 0.529. The van der Waals surface area contributed by atoms with E-state index in [2.05, 4.69) is 35.0 Å². The standard InChI is InChI=1S/C17H22ClN3/c1-12(2)11-21(13-7-3-4-8-13)17-15-10-6-5-9-14(15)16(18)19-20-17/h5-6,9-10,12-13H,3-4,7-8,11H2,1-2H3. The highest BCUT2D eigenvalue weighted by Gasteiger charge is 2.26. The molecule has 112 valence electrons. The Hall–Kier alpha value is -1.35. The smallest absolute Gasteiger partial charge is 0.159 e. The van der Waals surface area contributed by atoms with Crippen LogP contribution in [0.25, 0.3) is 10.8 Å². The summed E-state index contributed by atoms with van der Waals surface area (Å²) in [5, 5.41) is 11.2. The molecule has 1 saturated carbocycles. The molecule has 21 heavy (non-hydrogen) atoms. The first-order chi connectivity index (χ1) is 10.2. The highest BCUT2D eigenvalue weighted by molar-refractivity contribution is 6.34. The van der Waals surface area contributed by atoms with Gasteiger partial charge in [0.2, 0.25) is 0 Å². The molecule has 0 saturated heterocycles. The quantitative estimate of drug-likeness (QED) is 0.820. The van der Waals surface area contributed by atoms with Crippen molar-refractivity contribution >= 4 is 28.2 Å². The Morgan fingerprint density at radius 1 is 1.14 bits per heavy atom. The predicted molar refractivity (Wildman–Crippen MR) is 89.0 cm³/mol. The lowest BCUT2D eigenvalue weighted by atomic mass is 10.1. The minimum atomic E-state index is 0.491. The van der Waals surface area contributed by atoms with Gasteiger partial charge in [-0.3, -0.25) is 0 Å². The summed E-state index contributed by atoms with van der Waals surface area (Å²) in [7, 11) is 0. The Morgan fingerprint density at radius 2 is 1.81 bits per heavy atom. The van der Waals surface area contributed by atoms with Crippen molar-refractivity contribution in [2.75, 3.05) is 11.4 Å². The number of rotatable bonds is 4. The van der Waals surface area contributed by atoms with Gasteiger partial charge < -0.3 is 4.90 Å². The summed E-state index contributed by atoms with van der Waals surface area (Å²) in [5.41, 5.74) is 0. The first kappa shape index (κ1) is 14.6. The Balaban J connectivity index is 2.08. The van der Waals surface area contributed by atoms with Crippen molar-refractivity contribution in [1.82, 2.24) is 10.2 Å². The van der Waals surface area contributed by atoms with Crippen molar-refractivity contribution in [2.45, 2.75) is 45.6 Å². The number of anilines is 1. The van der Waals surface area contributed by atoms with Crippen LogP contribution in [0.2, 0.25) is 5.15 Å². The van der Waals surface area contributed by atoms with Gasteiger partial charge in [-0.15, -0.1) is 10.2 Å². The first-order valence-corrected chi connectivity index (χ1v) is 8.22. The van der Waals surface area contributed by atoms with Crippen LogP contribution in [-0.4, -0.2) is 22.8 Å². The molecule has 0 bridgehead atoms. The van der Waals surface area contributed by atoms with Gasteiger partial charge in [0, 0.05) is 23.4 Å². The van der Waals surface area contributed by atoms with Gasteiger partial charge in [-0.25, -0.2) is 0 Å². The van der Waals surface area contributed by atoms with Gasteiger partial charge in [-0.2, -0.15) is 0 Å². The van der Waals surface area contributed by atoms with Crippen LogP contribution in [0.3, 0.4) is 0 Å². The molecule has 0 radical (unpaired) electrons. The van der Waals surface area contributed by atoms with Gasteiger partial charge in [0.15, 0.2) is 11.0 Å². The molecular formula is C17H22ClN3. The van der Waals surface area contributed by atoms with Crippen molar-refractivity contribution in [2.24, 2.45) is 5.92 Å². The Labute approximate surface area is 131 Å². The number of hydrogen-bond donors (Lipinski definition) is 0. The maximum atomic E-state index is 6.21. The van der Waals surface area contributed by atoms with Gasteiger partial charge in [0.05, 0.1) is 0 Å². The summed E-state index contributed by atoms with van der Waals surface area (Å²) in [6.45, 7) is 5.53. The molecule has 1 aliphatic carbocycles. The summed E-state index contributed by atoms with van der Waals surface area (Å²) in [6.07, 6.45) is 5.15. The molecule has 3 nitrogen and oxygen atoms in total. The van der Waals surface area contributed by atoms with E-state index in [0.29, 0.717) is 17.1 Å². The summed E-state index contributed by atoms with van der Waals surface area (Å²) in [6, 6.07) is 8.77. The van der Waals surface area contributed by atoms with E-state index in [1.807, 2.05) is 18.2 Å². The van der Waals surface area contributed by atoms with Crippen molar-refractivity contribution in [3.63, 3.8) is 0 Å². The van der Waals surface area contributed by atoms with Crippen LogP contribution < -0.4 is 4.90 Å². The molecule has 2 aromatic rings. The molecule has 4 heteroatoms. The molecular weight excluding hydrogens is 282 g/mol. The van der Waals surface area contributed by atoms with Gasteiger partial charge in [0.25, 0.3) is 0 Å². The second-order valence-corrected chi connectivity index (χ2v) is 6.70. The fourth-order valence-electron chi connectivity index (χ4n) is 3.29. The molecule has 0 amide bonds. The van der Waals surface area contributed by atoms with Crippen molar-refractivity contribution in [1.29, 1.82) is 0 Å². The molecule has 1 aliphatic rings. The molecule has 0 atom stereocenters. The van der Waals surface area contributed by atoms with E-state index in [9.17, 15) is 0 Å².